The fourth-order valence-corrected chi connectivity index (χ4v) is 2.34. The molecule has 1 atom stereocenters. The molecular formula is C11H24N2. The number of rotatable bonds is 4. The lowest BCUT2D eigenvalue weighted by Gasteiger charge is -2.28. The second-order valence-electron chi connectivity index (χ2n) is 4.68. The molecule has 0 saturated heterocycles. The minimum atomic E-state index is 0.364. The Morgan fingerprint density at radius 3 is 2.46 bits per heavy atom. The Bertz CT molecular complexity index is 128. The van der Waals surface area contributed by atoms with Crippen molar-refractivity contribution in [1.29, 1.82) is 0 Å². The van der Waals surface area contributed by atoms with Crippen LogP contribution in [0.4, 0.5) is 0 Å². The van der Waals surface area contributed by atoms with Crippen molar-refractivity contribution in [3.05, 3.63) is 0 Å². The summed E-state index contributed by atoms with van der Waals surface area (Å²) in [6, 6.07) is 0.364. The highest BCUT2D eigenvalue weighted by Gasteiger charge is 2.19. The molecule has 13 heavy (non-hydrogen) atoms. The van der Waals surface area contributed by atoms with E-state index in [9.17, 15) is 0 Å². The topological polar surface area (TPSA) is 38.0 Å². The normalized spacial score (nSPS) is 31.6. The van der Waals surface area contributed by atoms with Gasteiger partial charge in [-0.25, -0.2) is 0 Å². The van der Waals surface area contributed by atoms with E-state index in [1.807, 2.05) is 7.05 Å². The quantitative estimate of drug-likeness (QED) is 0.698. The molecule has 0 aromatic carbocycles. The summed E-state index contributed by atoms with van der Waals surface area (Å²) in [4.78, 5) is 0. The molecule has 0 heterocycles. The average molecular weight is 184 g/mol. The molecule has 0 bridgehead atoms. The zero-order chi connectivity index (χ0) is 9.68. The second kappa shape index (κ2) is 5.61. The first-order valence-electron chi connectivity index (χ1n) is 5.62. The fraction of sp³-hybridized carbons (Fsp3) is 1.00. The maximum absolute atomic E-state index is 5.99. The van der Waals surface area contributed by atoms with Crippen LogP contribution in [-0.4, -0.2) is 19.6 Å². The Labute approximate surface area is 82.3 Å². The predicted octanol–water partition coefficient (Wildman–Crippen LogP) is 1.75. The number of likely N-dealkylation sites (N-methyl/N-ethyl adjacent to an activating group) is 1. The van der Waals surface area contributed by atoms with Crippen molar-refractivity contribution < 1.29 is 0 Å². The largest absolute Gasteiger partial charge is 0.327 e. The summed E-state index contributed by atoms with van der Waals surface area (Å²) in [6.07, 6.45) is 6.85. The highest BCUT2D eigenvalue weighted by atomic mass is 14.9. The summed E-state index contributed by atoms with van der Waals surface area (Å²) in [5.74, 6) is 1.86. The van der Waals surface area contributed by atoms with E-state index in [0.29, 0.717) is 6.04 Å². The Balaban J connectivity index is 2.14. The van der Waals surface area contributed by atoms with Gasteiger partial charge in [-0.2, -0.15) is 0 Å². The van der Waals surface area contributed by atoms with Crippen molar-refractivity contribution in [3.8, 4) is 0 Å². The molecule has 1 fully saturated rings. The molecular weight excluding hydrogens is 160 g/mol. The lowest BCUT2D eigenvalue weighted by atomic mass is 9.80. The number of nitrogens with one attached hydrogen (secondary N) is 1. The van der Waals surface area contributed by atoms with Crippen LogP contribution in [0.25, 0.3) is 0 Å². The summed E-state index contributed by atoms with van der Waals surface area (Å²) in [7, 11) is 1.98. The Morgan fingerprint density at radius 1 is 1.31 bits per heavy atom. The average Bonchev–Trinajstić information content (AvgIpc) is 2.09. The molecule has 0 amide bonds. The van der Waals surface area contributed by atoms with E-state index in [2.05, 4.69) is 12.2 Å². The third kappa shape index (κ3) is 4.10. The van der Waals surface area contributed by atoms with Crippen LogP contribution in [0.3, 0.4) is 0 Å². The maximum atomic E-state index is 5.99. The van der Waals surface area contributed by atoms with Gasteiger partial charge in [0.05, 0.1) is 0 Å². The van der Waals surface area contributed by atoms with Crippen LogP contribution in [0.15, 0.2) is 0 Å². The van der Waals surface area contributed by atoms with Crippen molar-refractivity contribution >= 4 is 0 Å². The van der Waals surface area contributed by atoms with Crippen LogP contribution in [0.5, 0.6) is 0 Å². The SMILES string of the molecule is CNCC(N)CC1CCC(C)CC1. The van der Waals surface area contributed by atoms with Gasteiger partial charge in [-0.15, -0.1) is 0 Å². The number of hydrogen-bond acceptors (Lipinski definition) is 2. The first-order valence-corrected chi connectivity index (χ1v) is 5.62. The Kier molecular flexibility index (Phi) is 4.74. The molecule has 1 aliphatic carbocycles. The molecule has 3 N–H and O–H groups in total. The first kappa shape index (κ1) is 11.0. The van der Waals surface area contributed by atoms with E-state index < -0.39 is 0 Å². The van der Waals surface area contributed by atoms with Gasteiger partial charge in [-0.3, -0.25) is 0 Å². The molecule has 0 aromatic heterocycles. The Morgan fingerprint density at radius 2 is 1.92 bits per heavy atom. The zero-order valence-corrected chi connectivity index (χ0v) is 9.05. The minimum absolute atomic E-state index is 0.364. The molecule has 78 valence electrons. The van der Waals surface area contributed by atoms with Crippen LogP contribution in [-0.2, 0) is 0 Å². The van der Waals surface area contributed by atoms with Crippen LogP contribution in [0.2, 0.25) is 0 Å². The first-order chi connectivity index (χ1) is 6.22. The third-order valence-electron chi connectivity index (χ3n) is 3.24. The lowest BCUT2D eigenvalue weighted by Crippen LogP contribution is -2.34. The van der Waals surface area contributed by atoms with E-state index in [-0.39, 0.29) is 0 Å². The fourth-order valence-electron chi connectivity index (χ4n) is 2.34. The summed E-state index contributed by atoms with van der Waals surface area (Å²) in [5.41, 5.74) is 5.99. The van der Waals surface area contributed by atoms with Gasteiger partial charge >= 0.3 is 0 Å². The smallest absolute Gasteiger partial charge is 0.0167 e. The van der Waals surface area contributed by atoms with E-state index in [1.54, 1.807) is 0 Å². The van der Waals surface area contributed by atoms with Crippen molar-refractivity contribution in [2.45, 2.75) is 45.1 Å². The molecule has 1 saturated carbocycles. The van der Waals surface area contributed by atoms with Crippen molar-refractivity contribution in [1.82, 2.24) is 5.32 Å². The molecule has 1 rings (SSSR count). The molecule has 0 radical (unpaired) electrons. The molecule has 2 nitrogen and oxygen atoms in total. The van der Waals surface area contributed by atoms with Gasteiger partial charge in [-0.1, -0.05) is 32.6 Å². The van der Waals surface area contributed by atoms with Gasteiger partial charge in [0.1, 0.15) is 0 Å². The minimum Gasteiger partial charge on any atom is -0.327 e. The zero-order valence-electron chi connectivity index (χ0n) is 9.05. The summed E-state index contributed by atoms with van der Waals surface area (Å²) >= 11 is 0. The maximum Gasteiger partial charge on any atom is 0.0167 e. The summed E-state index contributed by atoms with van der Waals surface area (Å²) in [5, 5.41) is 3.14. The van der Waals surface area contributed by atoms with Gasteiger partial charge in [-0.05, 0) is 25.3 Å². The van der Waals surface area contributed by atoms with Gasteiger partial charge in [0.15, 0.2) is 0 Å². The van der Waals surface area contributed by atoms with Gasteiger partial charge in [0, 0.05) is 12.6 Å². The molecule has 0 aromatic rings. The number of nitrogens with two attached hydrogens (primary N) is 1. The number of hydrogen-bond donors (Lipinski definition) is 2. The van der Waals surface area contributed by atoms with E-state index in [1.165, 1.54) is 32.1 Å². The van der Waals surface area contributed by atoms with Crippen molar-refractivity contribution in [2.24, 2.45) is 17.6 Å². The lowest BCUT2D eigenvalue weighted by molar-refractivity contribution is 0.264. The molecule has 0 spiro atoms. The monoisotopic (exact) mass is 184 g/mol. The van der Waals surface area contributed by atoms with E-state index in [0.717, 1.165) is 18.4 Å². The predicted molar refractivity (Wildman–Crippen MR) is 57.6 cm³/mol. The molecule has 1 aliphatic rings. The van der Waals surface area contributed by atoms with Crippen molar-refractivity contribution in [2.75, 3.05) is 13.6 Å². The van der Waals surface area contributed by atoms with Gasteiger partial charge in [0.25, 0.3) is 0 Å². The molecule has 2 heteroatoms. The standard InChI is InChI=1S/C11H24N2/c1-9-3-5-10(6-4-9)7-11(12)8-13-2/h9-11,13H,3-8,12H2,1-2H3. The molecule has 0 aliphatic heterocycles. The van der Waals surface area contributed by atoms with E-state index >= 15 is 0 Å². The van der Waals surface area contributed by atoms with Gasteiger partial charge in [0.2, 0.25) is 0 Å². The van der Waals surface area contributed by atoms with Crippen molar-refractivity contribution in [3.63, 3.8) is 0 Å². The summed E-state index contributed by atoms with van der Waals surface area (Å²) in [6.45, 7) is 3.33. The highest BCUT2D eigenvalue weighted by Crippen LogP contribution is 2.30. The highest BCUT2D eigenvalue weighted by molar-refractivity contribution is 4.75. The van der Waals surface area contributed by atoms with Crippen LogP contribution in [0, 0.1) is 11.8 Å². The van der Waals surface area contributed by atoms with Gasteiger partial charge < -0.3 is 11.1 Å². The van der Waals surface area contributed by atoms with E-state index in [4.69, 9.17) is 5.73 Å². The molecule has 1 unspecified atom stereocenters. The van der Waals surface area contributed by atoms with Crippen LogP contribution >= 0.6 is 0 Å². The van der Waals surface area contributed by atoms with Crippen LogP contribution in [0.1, 0.15) is 39.0 Å². The third-order valence-corrected chi connectivity index (χ3v) is 3.24. The second-order valence-corrected chi connectivity index (χ2v) is 4.68. The Hall–Kier alpha value is -0.0800. The van der Waals surface area contributed by atoms with Crippen LogP contribution < -0.4 is 11.1 Å². The summed E-state index contributed by atoms with van der Waals surface area (Å²) < 4.78 is 0.